The Balaban J connectivity index is 2.23. The summed E-state index contributed by atoms with van der Waals surface area (Å²) in [4.78, 5) is 0. The number of nitrogens with one attached hydrogen (secondary N) is 1. The van der Waals surface area contributed by atoms with E-state index in [9.17, 15) is 0 Å². The van der Waals surface area contributed by atoms with Crippen molar-refractivity contribution in [3.05, 3.63) is 22.3 Å². The lowest BCUT2D eigenvalue weighted by Crippen LogP contribution is -2.16. The van der Waals surface area contributed by atoms with Crippen molar-refractivity contribution in [2.45, 2.75) is 58.8 Å². The maximum atomic E-state index is 6.11. The monoisotopic (exact) mass is 261 g/mol. The highest BCUT2D eigenvalue weighted by molar-refractivity contribution is 5.62. The molecule has 3 heteroatoms. The zero-order valence-corrected chi connectivity index (χ0v) is 12.5. The average Bonchev–Trinajstić information content (AvgIpc) is 2.92. The molecule has 3 atom stereocenters. The van der Waals surface area contributed by atoms with Crippen molar-refractivity contribution < 1.29 is 9.47 Å². The molecule has 2 aliphatic heterocycles. The summed E-state index contributed by atoms with van der Waals surface area (Å²) in [6.45, 7) is 8.65. The second-order valence-corrected chi connectivity index (χ2v) is 5.93. The zero-order chi connectivity index (χ0) is 13.7. The average molecular weight is 261 g/mol. The highest BCUT2D eigenvalue weighted by atomic mass is 16.5. The van der Waals surface area contributed by atoms with Crippen LogP contribution in [0.15, 0.2) is 0 Å². The van der Waals surface area contributed by atoms with Gasteiger partial charge in [-0.15, -0.1) is 0 Å². The standard InChI is InChI=1S/C16H23NO2/c1-8-6-12-10(3)15-13(7-9(2)18-15)14(11(4)17-5)16(12)19-8/h8-9,11,17H,6-7H2,1-5H3. The molecule has 104 valence electrons. The van der Waals surface area contributed by atoms with Crippen LogP contribution in [0.1, 0.15) is 49.1 Å². The molecule has 3 rings (SSSR count). The van der Waals surface area contributed by atoms with Gasteiger partial charge in [-0.25, -0.2) is 0 Å². The fourth-order valence-electron chi connectivity index (χ4n) is 3.36. The van der Waals surface area contributed by atoms with Gasteiger partial charge >= 0.3 is 0 Å². The maximum absolute atomic E-state index is 6.11. The molecule has 3 unspecified atom stereocenters. The molecule has 0 saturated heterocycles. The third-order valence-electron chi connectivity index (χ3n) is 4.40. The second kappa shape index (κ2) is 4.41. The summed E-state index contributed by atoms with van der Waals surface area (Å²) in [7, 11) is 2.00. The van der Waals surface area contributed by atoms with Gasteiger partial charge in [-0.05, 0) is 40.3 Å². The fraction of sp³-hybridized carbons (Fsp3) is 0.625. The molecule has 0 aromatic heterocycles. The van der Waals surface area contributed by atoms with E-state index in [1.807, 2.05) is 7.05 Å². The molecule has 0 aliphatic carbocycles. The van der Waals surface area contributed by atoms with Gasteiger partial charge in [0.1, 0.15) is 23.7 Å². The second-order valence-electron chi connectivity index (χ2n) is 5.93. The van der Waals surface area contributed by atoms with Crippen LogP contribution in [-0.4, -0.2) is 19.3 Å². The van der Waals surface area contributed by atoms with E-state index in [2.05, 4.69) is 33.0 Å². The number of hydrogen-bond donors (Lipinski definition) is 1. The van der Waals surface area contributed by atoms with Crippen molar-refractivity contribution in [3.63, 3.8) is 0 Å². The Hall–Kier alpha value is -1.22. The van der Waals surface area contributed by atoms with Gasteiger partial charge in [-0.2, -0.15) is 0 Å². The molecule has 0 spiro atoms. The third kappa shape index (κ3) is 1.83. The number of ether oxygens (including phenoxy) is 2. The third-order valence-corrected chi connectivity index (χ3v) is 4.40. The van der Waals surface area contributed by atoms with Crippen LogP contribution in [0.5, 0.6) is 11.5 Å². The van der Waals surface area contributed by atoms with Crippen molar-refractivity contribution >= 4 is 0 Å². The number of benzene rings is 1. The molecule has 0 bridgehead atoms. The molecule has 2 heterocycles. The Labute approximate surface area is 115 Å². The van der Waals surface area contributed by atoms with E-state index in [1.54, 1.807) is 0 Å². The molecule has 0 radical (unpaired) electrons. The predicted molar refractivity (Wildman–Crippen MR) is 76.2 cm³/mol. The summed E-state index contributed by atoms with van der Waals surface area (Å²) >= 11 is 0. The summed E-state index contributed by atoms with van der Waals surface area (Å²) in [5, 5.41) is 3.35. The minimum Gasteiger partial charge on any atom is -0.490 e. The Morgan fingerprint density at radius 3 is 2.26 bits per heavy atom. The summed E-state index contributed by atoms with van der Waals surface area (Å²) in [6, 6.07) is 0.294. The van der Waals surface area contributed by atoms with Crippen LogP contribution in [0, 0.1) is 6.92 Å². The smallest absolute Gasteiger partial charge is 0.128 e. The SMILES string of the molecule is CNC(C)c1c2c(c(C)c3c1OC(C)C3)OC(C)C2. The van der Waals surface area contributed by atoms with E-state index in [-0.39, 0.29) is 12.2 Å². The molecule has 3 nitrogen and oxygen atoms in total. The lowest BCUT2D eigenvalue weighted by atomic mass is 9.90. The molecule has 0 amide bonds. The number of rotatable bonds is 2. The van der Waals surface area contributed by atoms with E-state index in [0.29, 0.717) is 6.04 Å². The Morgan fingerprint density at radius 1 is 1.05 bits per heavy atom. The van der Waals surface area contributed by atoms with Gasteiger partial charge in [0.15, 0.2) is 0 Å². The molecule has 19 heavy (non-hydrogen) atoms. The maximum Gasteiger partial charge on any atom is 0.128 e. The van der Waals surface area contributed by atoms with Gasteiger partial charge in [-0.1, -0.05) is 0 Å². The van der Waals surface area contributed by atoms with E-state index in [4.69, 9.17) is 9.47 Å². The van der Waals surface area contributed by atoms with Gasteiger partial charge in [-0.3, -0.25) is 0 Å². The van der Waals surface area contributed by atoms with Crippen LogP contribution in [0.3, 0.4) is 0 Å². The van der Waals surface area contributed by atoms with Crippen LogP contribution in [0.2, 0.25) is 0 Å². The van der Waals surface area contributed by atoms with E-state index in [0.717, 1.165) is 24.3 Å². The quantitative estimate of drug-likeness (QED) is 0.888. The first-order valence-electron chi connectivity index (χ1n) is 7.21. The van der Waals surface area contributed by atoms with Gasteiger partial charge in [0.05, 0.1) is 0 Å². The molecule has 1 N–H and O–H groups in total. The summed E-state index contributed by atoms with van der Waals surface area (Å²) < 4.78 is 12.2. The van der Waals surface area contributed by atoms with Gasteiger partial charge in [0.25, 0.3) is 0 Å². The largest absolute Gasteiger partial charge is 0.490 e. The number of fused-ring (bicyclic) bond motifs is 2. The van der Waals surface area contributed by atoms with Crippen LogP contribution in [0.4, 0.5) is 0 Å². The Kier molecular flexibility index (Phi) is 2.97. The molecular weight excluding hydrogens is 238 g/mol. The van der Waals surface area contributed by atoms with Gasteiger partial charge in [0.2, 0.25) is 0 Å². The molecule has 0 saturated carbocycles. The number of hydrogen-bond acceptors (Lipinski definition) is 3. The summed E-state index contributed by atoms with van der Waals surface area (Å²) in [5.41, 5.74) is 5.29. The molecular formula is C16H23NO2. The molecule has 2 aliphatic rings. The minimum absolute atomic E-state index is 0.274. The normalized spacial score (nSPS) is 25.5. The van der Waals surface area contributed by atoms with Crippen molar-refractivity contribution in [2.75, 3.05) is 7.05 Å². The van der Waals surface area contributed by atoms with Gasteiger partial charge < -0.3 is 14.8 Å². The van der Waals surface area contributed by atoms with Crippen molar-refractivity contribution in [2.24, 2.45) is 0 Å². The van der Waals surface area contributed by atoms with Crippen molar-refractivity contribution in [1.82, 2.24) is 5.32 Å². The summed E-state index contributed by atoms with van der Waals surface area (Å²) in [6.07, 6.45) is 2.53. The highest BCUT2D eigenvalue weighted by Crippen LogP contribution is 2.48. The Morgan fingerprint density at radius 2 is 1.63 bits per heavy atom. The minimum atomic E-state index is 0.274. The van der Waals surface area contributed by atoms with Crippen LogP contribution >= 0.6 is 0 Å². The summed E-state index contributed by atoms with van der Waals surface area (Å²) in [5.74, 6) is 2.23. The van der Waals surface area contributed by atoms with Crippen LogP contribution in [0.25, 0.3) is 0 Å². The van der Waals surface area contributed by atoms with Crippen LogP contribution in [-0.2, 0) is 12.8 Å². The van der Waals surface area contributed by atoms with Gasteiger partial charge in [0, 0.05) is 35.6 Å². The van der Waals surface area contributed by atoms with Crippen molar-refractivity contribution in [1.29, 1.82) is 0 Å². The lowest BCUT2D eigenvalue weighted by Gasteiger charge is -2.20. The molecule has 1 aromatic rings. The van der Waals surface area contributed by atoms with Crippen LogP contribution < -0.4 is 14.8 Å². The van der Waals surface area contributed by atoms with E-state index in [1.165, 1.54) is 22.3 Å². The van der Waals surface area contributed by atoms with E-state index >= 15 is 0 Å². The fourth-order valence-corrected chi connectivity index (χ4v) is 3.36. The lowest BCUT2D eigenvalue weighted by molar-refractivity contribution is 0.250. The van der Waals surface area contributed by atoms with E-state index < -0.39 is 0 Å². The van der Waals surface area contributed by atoms with Crippen molar-refractivity contribution in [3.8, 4) is 11.5 Å². The molecule has 1 aromatic carbocycles. The predicted octanol–water partition coefficient (Wildman–Crippen LogP) is 2.92. The molecule has 0 fully saturated rings. The topological polar surface area (TPSA) is 30.5 Å². The first kappa shape index (κ1) is 12.8. The zero-order valence-electron chi connectivity index (χ0n) is 12.5. The Bertz CT molecular complexity index is 485. The highest BCUT2D eigenvalue weighted by Gasteiger charge is 2.35. The first-order valence-corrected chi connectivity index (χ1v) is 7.21. The first-order chi connectivity index (χ1) is 9.02.